The van der Waals surface area contributed by atoms with Crippen molar-refractivity contribution in [1.29, 1.82) is 0 Å². The maximum absolute atomic E-state index is 11.5. The molecule has 7 nitrogen and oxygen atoms in total. The maximum Gasteiger partial charge on any atom is 0.268 e. The number of hydrogen-bond acceptors (Lipinski definition) is 6. The number of nitrogens with one attached hydrogen (secondary N) is 1. The van der Waals surface area contributed by atoms with Crippen LogP contribution in [0, 0.1) is 0 Å². The van der Waals surface area contributed by atoms with Gasteiger partial charge in [0.2, 0.25) is 0 Å². The number of hydrazine groups is 1. The van der Waals surface area contributed by atoms with Crippen LogP contribution in [0.1, 0.15) is 22.5 Å². The highest BCUT2D eigenvalue weighted by Gasteiger charge is 2.22. The van der Waals surface area contributed by atoms with Gasteiger partial charge in [0.25, 0.3) is 5.91 Å². The fourth-order valence-electron chi connectivity index (χ4n) is 2.09. The molecule has 0 atom stereocenters. The molecule has 1 saturated heterocycles. The molecule has 0 aromatic carbocycles. The third-order valence-electron chi connectivity index (χ3n) is 3.14. The molecule has 1 aromatic heterocycles. The number of sulfone groups is 1. The zero-order chi connectivity index (χ0) is 13.9. The number of carbonyl (C=O) groups is 1. The summed E-state index contributed by atoms with van der Waals surface area (Å²) in [7, 11) is -2.93. The van der Waals surface area contributed by atoms with Gasteiger partial charge in [-0.1, -0.05) is 0 Å². The SMILES string of the molecule is NNC(=O)c1ccoc1CN1CCCS(=O)(=O)CC1. The summed E-state index contributed by atoms with van der Waals surface area (Å²) in [5, 5.41) is 0. The minimum Gasteiger partial charge on any atom is -0.467 e. The van der Waals surface area contributed by atoms with Gasteiger partial charge in [0.1, 0.15) is 5.76 Å². The van der Waals surface area contributed by atoms with E-state index in [1.165, 1.54) is 6.26 Å². The molecule has 0 radical (unpaired) electrons. The Morgan fingerprint density at radius 1 is 1.42 bits per heavy atom. The van der Waals surface area contributed by atoms with Gasteiger partial charge in [0.05, 0.1) is 29.9 Å². The number of nitrogens with zero attached hydrogens (tertiary/aromatic N) is 1. The smallest absolute Gasteiger partial charge is 0.268 e. The Morgan fingerprint density at radius 2 is 2.21 bits per heavy atom. The topological polar surface area (TPSA) is 106 Å². The molecule has 0 aliphatic carbocycles. The van der Waals surface area contributed by atoms with Gasteiger partial charge in [-0.25, -0.2) is 14.3 Å². The first-order valence-corrected chi connectivity index (χ1v) is 7.84. The highest BCUT2D eigenvalue weighted by molar-refractivity contribution is 7.91. The van der Waals surface area contributed by atoms with E-state index in [1.54, 1.807) is 6.07 Å². The summed E-state index contributed by atoms with van der Waals surface area (Å²) in [6.07, 6.45) is 2.02. The molecule has 0 unspecified atom stereocenters. The molecule has 106 valence electrons. The van der Waals surface area contributed by atoms with Gasteiger partial charge in [-0.2, -0.15) is 0 Å². The predicted molar refractivity (Wildman–Crippen MR) is 68.9 cm³/mol. The van der Waals surface area contributed by atoms with E-state index in [9.17, 15) is 13.2 Å². The molecule has 0 spiro atoms. The van der Waals surface area contributed by atoms with E-state index in [4.69, 9.17) is 10.3 Å². The van der Waals surface area contributed by atoms with E-state index < -0.39 is 15.7 Å². The molecule has 1 fully saturated rings. The van der Waals surface area contributed by atoms with E-state index in [-0.39, 0.29) is 11.5 Å². The second-order valence-corrected chi connectivity index (χ2v) is 6.82. The van der Waals surface area contributed by atoms with Crippen LogP contribution in [0.15, 0.2) is 16.7 Å². The maximum atomic E-state index is 11.5. The van der Waals surface area contributed by atoms with Gasteiger partial charge in [-0.15, -0.1) is 0 Å². The van der Waals surface area contributed by atoms with Gasteiger partial charge >= 0.3 is 0 Å². The van der Waals surface area contributed by atoms with Crippen molar-refractivity contribution in [3.8, 4) is 0 Å². The minimum absolute atomic E-state index is 0.145. The lowest BCUT2D eigenvalue weighted by molar-refractivity contribution is 0.0950. The van der Waals surface area contributed by atoms with E-state index in [1.807, 2.05) is 4.90 Å². The van der Waals surface area contributed by atoms with Crippen LogP contribution in [0.25, 0.3) is 0 Å². The van der Waals surface area contributed by atoms with Crippen LogP contribution in [0.5, 0.6) is 0 Å². The second kappa shape index (κ2) is 5.72. The van der Waals surface area contributed by atoms with Crippen molar-refractivity contribution in [2.24, 2.45) is 5.84 Å². The monoisotopic (exact) mass is 287 g/mol. The fraction of sp³-hybridized carbons (Fsp3) is 0.545. The summed E-state index contributed by atoms with van der Waals surface area (Å²) in [6, 6.07) is 1.55. The van der Waals surface area contributed by atoms with E-state index in [0.717, 1.165) is 0 Å². The lowest BCUT2D eigenvalue weighted by atomic mass is 10.2. The third-order valence-corrected chi connectivity index (χ3v) is 4.85. The molecule has 1 aliphatic heterocycles. The number of rotatable bonds is 3. The summed E-state index contributed by atoms with van der Waals surface area (Å²) >= 11 is 0. The number of nitrogen functional groups attached to an aromatic ring is 1. The van der Waals surface area contributed by atoms with Crippen LogP contribution >= 0.6 is 0 Å². The van der Waals surface area contributed by atoms with Gasteiger partial charge in [-0.3, -0.25) is 15.1 Å². The van der Waals surface area contributed by atoms with Crippen LogP contribution in [-0.2, 0) is 16.4 Å². The van der Waals surface area contributed by atoms with Crippen LogP contribution in [0.3, 0.4) is 0 Å². The summed E-state index contributed by atoms with van der Waals surface area (Å²) in [4.78, 5) is 13.5. The van der Waals surface area contributed by atoms with Crippen molar-refractivity contribution < 1.29 is 17.6 Å². The number of nitrogens with two attached hydrogens (primary N) is 1. The van der Waals surface area contributed by atoms with E-state index >= 15 is 0 Å². The van der Waals surface area contributed by atoms with Gasteiger partial charge < -0.3 is 4.42 Å². The van der Waals surface area contributed by atoms with Crippen LogP contribution in [0.4, 0.5) is 0 Å². The van der Waals surface area contributed by atoms with Crippen molar-refractivity contribution in [1.82, 2.24) is 10.3 Å². The molecule has 1 amide bonds. The van der Waals surface area contributed by atoms with Gasteiger partial charge in [0.15, 0.2) is 9.84 Å². The first-order valence-electron chi connectivity index (χ1n) is 6.02. The average molecular weight is 287 g/mol. The fourth-order valence-corrected chi connectivity index (χ4v) is 3.40. The Balaban J connectivity index is 2.05. The molecule has 2 rings (SSSR count). The predicted octanol–water partition coefficient (Wildman–Crippen LogP) is -0.496. The Morgan fingerprint density at radius 3 is 2.95 bits per heavy atom. The highest BCUT2D eigenvalue weighted by Crippen LogP contribution is 2.15. The van der Waals surface area contributed by atoms with Crippen LogP contribution < -0.4 is 11.3 Å². The molecule has 1 aliphatic rings. The summed E-state index contributed by atoms with van der Waals surface area (Å²) < 4.78 is 28.3. The summed E-state index contributed by atoms with van der Waals surface area (Å²) in [5.41, 5.74) is 2.44. The summed E-state index contributed by atoms with van der Waals surface area (Å²) in [6.45, 7) is 1.53. The third kappa shape index (κ3) is 3.55. The lowest BCUT2D eigenvalue weighted by Gasteiger charge is -2.18. The van der Waals surface area contributed by atoms with Crippen molar-refractivity contribution in [2.45, 2.75) is 13.0 Å². The lowest BCUT2D eigenvalue weighted by Crippen LogP contribution is -2.32. The number of amides is 1. The van der Waals surface area contributed by atoms with Crippen molar-refractivity contribution in [2.75, 3.05) is 24.6 Å². The molecule has 3 N–H and O–H groups in total. The quantitative estimate of drug-likeness (QED) is 0.441. The number of carbonyl (C=O) groups excluding carboxylic acids is 1. The molecule has 1 aromatic rings. The van der Waals surface area contributed by atoms with Crippen molar-refractivity contribution >= 4 is 15.7 Å². The Kier molecular flexibility index (Phi) is 4.23. The zero-order valence-corrected chi connectivity index (χ0v) is 11.3. The van der Waals surface area contributed by atoms with Crippen LogP contribution in [-0.4, -0.2) is 43.8 Å². The second-order valence-electron chi connectivity index (χ2n) is 4.51. The molecule has 0 bridgehead atoms. The molecular formula is C11H17N3O4S. The van der Waals surface area contributed by atoms with E-state index in [2.05, 4.69) is 5.43 Å². The molecule has 8 heteroatoms. The van der Waals surface area contributed by atoms with Crippen molar-refractivity contribution in [3.05, 3.63) is 23.7 Å². The Bertz CT molecular complexity index is 552. The number of hydrogen-bond donors (Lipinski definition) is 2. The average Bonchev–Trinajstić information content (AvgIpc) is 2.75. The molecular weight excluding hydrogens is 270 g/mol. The van der Waals surface area contributed by atoms with Crippen LogP contribution in [0.2, 0.25) is 0 Å². The molecule has 0 saturated carbocycles. The standard InChI is InChI=1S/C11H17N3O4S/c12-13-11(15)9-2-5-18-10(9)8-14-3-1-6-19(16,17)7-4-14/h2,5H,1,3-4,6-8,12H2,(H,13,15). The first kappa shape index (κ1) is 14.0. The van der Waals surface area contributed by atoms with Gasteiger partial charge in [-0.05, 0) is 19.0 Å². The Hall–Kier alpha value is -1.38. The Labute approximate surface area is 111 Å². The van der Waals surface area contributed by atoms with Crippen molar-refractivity contribution in [3.63, 3.8) is 0 Å². The first-order chi connectivity index (χ1) is 9.02. The zero-order valence-electron chi connectivity index (χ0n) is 10.5. The molecule has 19 heavy (non-hydrogen) atoms. The molecule has 2 heterocycles. The summed E-state index contributed by atoms with van der Waals surface area (Å²) in [5.74, 6) is 5.55. The largest absolute Gasteiger partial charge is 0.467 e. The van der Waals surface area contributed by atoms with Gasteiger partial charge in [0, 0.05) is 6.54 Å². The minimum atomic E-state index is -2.93. The normalized spacial score (nSPS) is 19.8. The number of furan rings is 1. The highest BCUT2D eigenvalue weighted by atomic mass is 32.2. The van der Waals surface area contributed by atoms with E-state index in [0.29, 0.717) is 37.4 Å².